The van der Waals surface area contributed by atoms with Crippen LogP contribution in [0.1, 0.15) is 6.42 Å². The predicted octanol–water partition coefficient (Wildman–Crippen LogP) is 0.635. The largest absolute Gasteiger partial charge is 0.454 e. The maximum Gasteiger partial charge on any atom is 0.243 e. The second-order valence-corrected chi connectivity index (χ2v) is 7.11. The SMILES string of the molecule is N#CCCN1CCN(S(=O)(=O)c2ccc3c(c2)OCO3)CC1. The summed E-state index contributed by atoms with van der Waals surface area (Å²) in [5.74, 6) is 1.04. The van der Waals surface area contributed by atoms with Gasteiger partial charge in [-0.05, 0) is 12.1 Å². The van der Waals surface area contributed by atoms with Crippen LogP contribution in [0.2, 0.25) is 0 Å². The molecular formula is C14H17N3O4S. The Hall–Kier alpha value is -1.82. The number of benzene rings is 1. The lowest BCUT2D eigenvalue weighted by atomic mass is 10.3. The van der Waals surface area contributed by atoms with Gasteiger partial charge in [-0.1, -0.05) is 0 Å². The third-order valence-corrected chi connectivity index (χ3v) is 5.75. The lowest BCUT2D eigenvalue weighted by Crippen LogP contribution is -2.48. The van der Waals surface area contributed by atoms with Gasteiger partial charge in [0.2, 0.25) is 16.8 Å². The highest BCUT2D eigenvalue weighted by atomic mass is 32.2. The zero-order valence-electron chi connectivity index (χ0n) is 12.1. The van der Waals surface area contributed by atoms with E-state index in [9.17, 15) is 8.42 Å². The molecule has 118 valence electrons. The van der Waals surface area contributed by atoms with Crippen LogP contribution in [0.4, 0.5) is 0 Å². The number of rotatable bonds is 4. The monoisotopic (exact) mass is 323 g/mol. The molecule has 2 heterocycles. The van der Waals surface area contributed by atoms with Crippen LogP contribution in [0.25, 0.3) is 0 Å². The highest BCUT2D eigenvalue weighted by Crippen LogP contribution is 2.34. The lowest BCUT2D eigenvalue weighted by molar-refractivity contribution is 0.174. The fourth-order valence-corrected chi connectivity index (χ4v) is 4.03. The van der Waals surface area contributed by atoms with Gasteiger partial charge in [0, 0.05) is 45.2 Å². The van der Waals surface area contributed by atoms with Crippen LogP contribution < -0.4 is 9.47 Å². The molecule has 2 aliphatic rings. The zero-order chi connectivity index (χ0) is 15.6. The number of piperazine rings is 1. The molecule has 2 aliphatic heterocycles. The van der Waals surface area contributed by atoms with Gasteiger partial charge in [0.15, 0.2) is 11.5 Å². The van der Waals surface area contributed by atoms with Crippen molar-refractivity contribution in [3.05, 3.63) is 18.2 Å². The number of hydrogen-bond acceptors (Lipinski definition) is 6. The Bertz CT molecular complexity index is 691. The number of sulfonamides is 1. The smallest absolute Gasteiger partial charge is 0.243 e. The first-order valence-electron chi connectivity index (χ1n) is 7.10. The molecule has 0 spiro atoms. The van der Waals surface area contributed by atoms with Gasteiger partial charge in [-0.2, -0.15) is 9.57 Å². The van der Waals surface area contributed by atoms with E-state index in [1.165, 1.54) is 10.4 Å². The van der Waals surface area contributed by atoms with E-state index >= 15 is 0 Å². The summed E-state index contributed by atoms with van der Waals surface area (Å²) in [6.45, 7) is 2.96. The first-order chi connectivity index (χ1) is 10.6. The van der Waals surface area contributed by atoms with Crippen LogP contribution in [0.5, 0.6) is 11.5 Å². The molecule has 3 rings (SSSR count). The summed E-state index contributed by atoms with van der Waals surface area (Å²) in [5.41, 5.74) is 0. The maximum atomic E-state index is 12.7. The molecular weight excluding hydrogens is 306 g/mol. The summed E-state index contributed by atoms with van der Waals surface area (Å²) in [6.07, 6.45) is 0.467. The Morgan fingerprint density at radius 2 is 1.86 bits per heavy atom. The molecule has 1 aromatic rings. The minimum atomic E-state index is -3.52. The molecule has 1 aromatic carbocycles. The van der Waals surface area contributed by atoms with Gasteiger partial charge in [0.05, 0.1) is 11.0 Å². The number of ether oxygens (including phenoxy) is 2. The molecule has 22 heavy (non-hydrogen) atoms. The summed E-state index contributed by atoms with van der Waals surface area (Å²) in [4.78, 5) is 2.33. The highest BCUT2D eigenvalue weighted by molar-refractivity contribution is 7.89. The van der Waals surface area contributed by atoms with Crippen LogP contribution in [0.3, 0.4) is 0 Å². The van der Waals surface area contributed by atoms with Crippen molar-refractivity contribution in [3.8, 4) is 17.6 Å². The molecule has 0 atom stereocenters. The van der Waals surface area contributed by atoms with E-state index < -0.39 is 10.0 Å². The van der Waals surface area contributed by atoms with E-state index in [1.54, 1.807) is 12.1 Å². The normalized spacial score (nSPS) is 19.0. The number of nitriles is 1. The van der Waals surface area contributed by atoms with E-state index in [2.05, 4.69) is 11.0 Å². The van der Waals surface area contributed by atoms with Crippen molar-refractivity contribution in [2.75, 3.05) is 39.5 Å². The van der Waals surface area contributed by atoms with E-state index in [-0.39, 0.29) is 11.7 Å². The van der Waals surface area contributed by atoms with E-state index in [4.69, 9.17) is 14.7 Å². The van der Waals surface area contributed by atoms with Crippen LogP contribution >= 0.6 is 0 Å². The Labute approximate surface area is 129 Å². The summed E-state index contributed by atoms with van der Waals surface area (Å²) in [7, 11) is -3.52. The summed E-state index contributed by atoms with van der Waals surface area (Å²) >= 11 is 0. The Balaban J connectivity index is 1.70. The summed E-state index contributed by atoms with van der Waals surface area (Å²) in [6, 6.07) is 6.79. The first-order valence-corrected chi connectivity index (χ1v) is 8.54. The van der Waals surface area contributed by atoms with Gasteiger partial charge in [-0.25, -0.2) is 8.42 Å². The average molecular weight is 323 g/mol. The molecule has 0 aliphatic carbocycles. The number of nitrogens with zero attached hydrogens (tertiary/aromatic N) is 3. The average Bonchev–Trinajstić information content (AvgIpc) is 3.01. The summed E-state index contributed by atoms with van der Waals surface area (Å²) in [5, 5.41) is 8.60. The fourth-order valence-electron chi connectivity index (χ4n) is 2.59. The molecule has 0 radical (unpaired) electrons. The quantitative estimate of drug-likeness (QED) is 0.808. The molecule has 0 saturated carbocycles. The van der Waals surface area contributed by atoms with Crippen LogP contribution in [-0.2, 0) is 10.0 Å². The van der Waals surface area contributed by atoms with Crippen molar-refractivity contribution in [1.82, 2.24) is 9.21 Å². The van der Waals surface area contributed by atoms with Crippen LogP contribution in [0, 0.1) is 11.3 Å². The van der Waals surface area contributed by atoms with Gasteiger partial charge < -0.3 is 9.47 Å². The molecule has 0 bridgehead atoms. The predicted molar refractivity (Wildman–Crippen MR) is 78.0 cm³/mol. The Morgan fingerprint density at radius 1 is 1.14 bits per heavy atom. The second kappa shape index (κ2) is 6.12. The van der Waals surface area contributed by atoms with E-state index in [1.807, 2.05) is 0 Å². The van der Waals surface area contributed by atoms with Gasteiger partial charge in [0.25, 0.3) is 0 Å². The fraction of sp³-hybridized carbons (Fsp3) is 0.500. The van der Waals surface area contributed by atoms with Crippen LogP contribution in [-0.4, -0.2) is 57.1 Å². The third kappa shape index (κ3) is 2.88. The molecule has 1 saturated heterocycles. The zero-order valence-corrected chi connectivity index (χ0v) is 12.9. The van der Waals surface area contributed by atoms with Crippen molar-refractivity contribution in [2.45, 2.75) is 11.3 Å². The number of fused-ring (bicyclic) bond motifs is 1. The third-order valence-electron chi connectivity index (χ3n) is 3.85. The van der Waals surface area contributed by atoms with Crippen molar-refractivity contribution in [3.63, 3.8) is 0 Å². The van der Waals surface area contributed by atoms with Crippen LogP contribution in [0.15, 0.2) is 23.1 Å². The molecule has 0 aromatic heterocycles. The minimum absolute atomic E-state index is 0.121. The first kappa shape index (κ1) is 15.1. The van der Waals surface area contributed by atoms with E-state index in [0.717, 1.165) is 0 Å². The van der Waals surface area contributed by atoms with Crippen molar-refractivity contribution in [1.29, 1.82) is 5.26 Å². The highest BCUT2D eigenvalue weighted by Gasteiger charge is 2.29. The molecule has 1 fully saturated rings. The Kier molecular flexibility index (Phi) is 4.20. The molecule has 0 amide bonds. The van der Waals surface area contributed by atoms with Gasteiger partial charge in [-0.15, -0.1) is 0 Å². The second-order valence-electron chi connectivity index (χ2n) is 5.17. The van der Waals surface area contributed by atoms with Crippen molar-refractivity contribution >= 4 is 10.0 Å². The Morgan fingerprint density at radius 3 is 2.59 bits per heavy atom. The molecule has 7 nitrogen and oxygen atoms in total. The topological polar surface area (TPSA) is 82.9 Å². The molecule has 8 heteroatoms. The standard InChI is InChI=1S/C14H17N3O4S/c15-4-1-5-16-6-8-17(9-7-16)22(18,19)12-2-3-13-14(10-12)21-11-20-13/h2-3,10H,1,5-9,11H2. The molecule has 0 unspecified atom stereocenters. The molecule has 0 N–H and O–H groups in total. The van der Waals surface area contributed by atoms with Crippen molar-refractivity contribution < 1.29 is 17.9 Å². The van der Waals surface area contributed by atoms with E-state index in [0.29, 0.717) is 50.6 Å². The number of hydrogen-bond donors (Lipinski definition) is 0. The van der Waals surface area contributed by atoms with Gasteiger partial charge in [-0.3, -0.25) is 4.90 Å². The lowest BCUT2D eigenvalue weighted by Gasteiger charge is -2.33. The summed E-state index contributed by atoms with van der Waals surface area (Å²) < 4.78 is 37.3. The van der Waals surface area contributed by atoms with Gasteiger partial charge >= 0.3 is 0 Å². The van der Waals surface area contributed by atoms with Crippen molar-refractivity contribution in [2.24, 2.45) is 0 Å². The maximum absolute atomic E-state index is 12.7. The minimum Gasteiger partial charge on any atom is -0.454 e. The van der Waals surface area contributed by atoms with Gasteiger partial charge in [0.1, 0.15) is 0 Å².